The second kappa shape index (κ2) is 5.87. The molecule has 1 saturated heterocycles. The van der Waals surface area contributed by atoms with Crippen LogP contribution in [0.25, 0.3) is 0 Å². The molecule has 0 saturated carbocycles. The lowest BCUT2D eigenvalue weighted by atomic mass is 10.2. The Morgan fingerprint density at radius 1 is 1.53 bits per heavy atom. The number of aromatic nitrogens is 1. The molecule has 0 aliphatic carbocycles. The van der Waals surface area contributed by atoms with Gasteiger partial charge in [-0.15, -0.1) is 0 Å². The van der Waals surface area contributed by atoms with Gasteiger partial charge in [0.1, 0.15) is 0 Å². The zero-order valence-corrected chi connectivity index (χ0v) is 11.0. The van der Waals surface area contributed by atoms with Crippen molar-refractivity contribution >= 4 is 27.7 Å². The molecule has 1 aromatic heterocycles. The van der Waals surface area contributed by atoms with Gasteiger partial charge in [0.25, 0.3) is 0 Å². The van der Waals surface area contributed by atoms with Gasteiger partial charge >= 0.3 is 0 Å². The minimum Gasteiger partial charge on any atom is -0.308 e. The Hall–Kier alpha value is -0.0600. The van der Waals surface area contributed by atoms with Crippen LogP contribution in [0.2, 0.25) is 0 Å². The maximum atomic E-state index is 4.35. The van der Waals surface area contributed by atoms with Gasteiger partial charge in [-0.05, 0) is 46.7 Å². The standard InChI is InChI=1S/C11H15BrN2S/c12-9-3-4-10(13-6-9)7-14-11-2-1-5-15-8-11/h3-4,6,11,14H,1-2,5,7-8H2. The molecule has 1 fully saturated rings. The topological polar surface area (TPSA) is 24.9 Å². The maximum Gasteiger partial charge on any atom is 0.0542 e. The first-order chi connectivity index (χ1) is 7.34. The lowest BCUT2D eigenvalue weighted by Gasteiger charge is -2.22. The van der Waals surface area contributed by atoms with Crippen LogP contribution in [0, 0.1) is 0 Å². The lowest BCUT2D eigenvalue weighted by molar-refractivity contribution is 0.503. The number of nitrogens with zero attached hydrogens (tertiary/aromatic N) is 1. The molecule has 1 unspecified atom stereocenters. The summed E-state index contributed by atoms with van der Waals surface area (Å²) in [7, 11) is 0. The number of hydrogen-bond donors (Lipinski definition) is 1. The van der Waals surface area contributed by atoms with Gasteiger partial charge in [-0.3, -0.25) is 4.98 Å². The smallest absolute Gasteiger partial charge is 0.0542 e. The monoisotopic (exact) mass is 286 g/mol. The number of nitrogens with one attached hydrogen (secondary N) is 1. The minimum atomic E-state index is 0.675. The first-order valence-corrected chi connectivity index (χ1v) is 7.21. The zero-order chi connectivity index (χ0) is 10.5. The average Bonchev–Trinajstić information content (AvgIpc) is 2.30. The molecule has 1 N–H and O–H groups in total. The molecule has 0 aromatic carbocycles. The molecule has 1 atom stereocenters. The summed E-state index contributed by atoms with van der Waals surface area (Å²) in [6.07, 6.45) is 4.51. The molecule has 1 aromatic rings. The van der Waals surface area contributed by atoms with E-state index in [0.717, 1.165) is 16.7 Å². The molecule has 1 aliphatic rings. The van der Waals surface area contributed by atoms with Crippen LogP contribution in [0.4, 0.5) is 0 Å². The van der Waals surface area contributed by atoms with E-state index in [4.69, 9.17) is 0 Å². The highest BCUT2D eigenvalue weighted by Gasteiger charge is 2.12. The second-order valence-electron chi connectivity index (χ2n) is 3.76. The zero-order valence-electron chi connectivity index (χ0n) is 8.58. The van der Waals surface area contributed by atoms with Crippen LogP contribution in [0.5, 0.6) is 0 Å². The Kier molecular flexibility index (Phi) is 4.47. The van der Waals surface area contributed by atoms with Crippen molar-refractivity contribution in [3.05, 3.63) is 28.5 Å². The molecule has 0 spiro atoms. The van der Waals surface area contributed by atoms with E-state index < -0.39 is 0 Å². The molecule has 0 radical (unpaired) electrons. The van der Waals surface area contributed by atoms with Crippen LogP contribution in [0.3, 0.4) is 0 Å². The molecule has 2 heterocycles. The van der Waals surface area contributed by atoms with Crippen LogP contribution < -0.4 is 5.32 Å². The third kappa shape index (κ3) is 3.78. The Morgan fingerprint density at radius 3 is 3.13 bits per heavy atom. The largest absolute Gasteiger partial charge is 0.308 e. The highest BCUT2D eigenvalue weighted by Crippen LogP contribution is 2.17. The molecule has 15 heavy (non-hydrogen) atoms. The van der Waals surface area contributed by atoms with Crippen molar-refractivity contribution in [2.75, 3.05) is 11.5 Å². The predicted octanol–water partition coefficient (Wildman–Crippen LogP) is 2.83. The van der Waals surface area contributed by atoms with Gasteiger partial charge in [-0.2, -0.15) is 11.8 Å². The third-order valence-electron chi connectivity index (χ3n) is 2.52. The second-order valence-corrected chi connectivity index (χ2v) is 5.83. The average molecular weight is 287 g/mol. The van der Waals surface area contributed by atoms with Crippen molar-refractivity contribution in [1.29, 1.82) is 0 Å². The molecule has 2 rings (SSSR count). The molecular weight excluding hydrogens is 272 g/mol. The molecule has 2 nitrogen and oxygen atoms in total. The van der Waals surface area contributed by atoms with Gasteiger partial charge in [0.05, 0.1) is 5.69 Å². The first-order valence-electron chi connectivity index (χ1n) is 5.26. The summed E-state index contributed by atoms with van der Waals surface area (Å²) in [5.41, 5.74) is 1.12. The summed E-state index contributed by atoms with van der Waals surface area (Å²) in [6, 6.07) is 4.78. The number of halogens is 1. The molecule has 1 aliphatic heterocycles. The molecule has 0 amide bonds. The Balaban J connectivity index is 1.79. The van der Waals surface area contributed by atoms with E-state index in [9.17, 15) is 0 Å². The van der Waals surface area contributed by atoms with Crippen LogP contribution in [0.1, 0.15) is 18.5 Å². The summed E-state index contributed by atoms with van der Waals surface area (Å²) in [5, 5.41) is 3.56. The Labute approximate surface area is 103 Å². The predicted molar refractivity (Wildman–Crippen MR) is 69.1 cm³/mol. The summed E-state index contributed by atoms with van der Waals surface area (Å²) in [5.74, 6) is 2.57. The van der Waals surface area contributed by atoms with Crippen molar-refractivity contribution < 1.29 is 0 Å². The van der Waals surface area contributed by atoms with E-state index in [1.54, 1.807) is 0 Å². The van der Waals surface area contributed by atoms with E-state index in [-0.39, 0.29) is 0 Å². The fourth-order valence-corrected chi connectivity index (χ4v) is 3.00. The van der Waals surface area contributed by atoms with Gasteiger partial charge in [0.2, 0.25) is 0 Å². The van der Waals surface area contributed by atoms with Gasteiger partial charge < -0.3 is 5.32 Å². The molecule has 0 bridgehead atoms. The van der Waals surface area contributed by atoms with Crippen LogP contribution in [-0.4, -0.2) is 22.5 Å². The molecule has 4 heteroatoms. The summed E-state index contributed by atoms with van der Waals surface area (Å²) >= 11 is 5.44. The summed E-state index contributed by atoms with van der Waals surface area (Å²) in [4.78, 5) is 4.35. The Morgan fingerprint density at radius 2 is 2.47 bits per heavy atom. The normalized spacial score (nSPS) is 21.5. The van der Waals surface area contributed by atoms with Crippen molar-refractivity contribution in [3.8, 4) is 0 Å². The maximum absolute atomic E-state index is 4.35. The first kappa shape index (κ1) is 11.4. The van der Waals surface area contributed by atoms with Gasteiger partial charge in [0.15, 0.2) is 0 Å². The number of thioether (sulfide) groups is 1. The van der Waals surface area contributed by atoms with Crippen LogP contribution in [-0.2, 0) is 6.54 Å². The van der Waals surface area contributed by atoms with Gasteiger partial charge in [0, 0.05) is 29.0 Å². The van der Waals surface area contributed by atoms with Crippen molar-refractivity contribution in [2.45, 2.75) is 25.4 Å². The van der Waals surface area contributed by atoms with Crippen molar-refractivity contribution in [3.63, 3.8) is 0 Å². The quantitative estimate of drug-likeness (QED) is 0.925. The van der Waals surface area contributed by atoms with Crippen LogP contribution >= 0.6 is 27.7 Å². The SMILES string of the molecule is Brc1ccc(CNC2CCCSC2)nc1. The molecule has 82 valence electrons. The fourth-order valence-electron chi connectivity index (χ4n) is 1.66. The highest BCUT2D eigenvalue weighted by molar-refractivity contribution is 9.10. The third-order valence-corrected chi connectivity index (χ3v) is 4.21. The molecular formula is C11H15BrN2S. The lowest BCUT2D eigenvalue weighted by Crippen LogP contribution is -2.33. The van der Waals surface area contributed by atoms with E-state index >= 15 is 0 Å². The minimum absolute atomic E-state index is 0.675. The summed E-state index contributed by atoms with van der Waals surface area (Å²) in [6.45, 7) is 0.887. The number of rotatable bonds is 3. The number of pyridine rings is 1. The summed E-state index contributed by atoms with van der Waals surface area (Å²) < 4.78 is 1.04. The van der Waals surface area contributed by atoms with E-state index in [1.807, 2.05) is 12.3 Å². The van der Waals surface area contributed by atoms with Gasteiger partial charge in [-0.25, -0.2) is 0 Å². The highest BCUT2D eigenvalue weighted by atomic mass is 79.9. The van der Waals surface area contributed by atoms with Gasteiger partial charge in [-0.1, -0.05) is 0 Å². The van der Waals surface area contributed by atoms with E-state index in [1.165, 1.54) is 24.3 Å². The van der Waals surface area contributed by atoms with E-state index in [0.29, 0.717) is 6.04 Å². The van der Waals surface area contributed by atoms with Crippen LogP contribution in [0.15, 0.2) is 22.8 Å². The fraction of sp³-hybridized carbons (Fsp3) is 0.545. The Bertz CT molecular complexity index is 296. The number of hydrogen-bond acceptors (Lipinski definition) is 3. The van der Waals surface area contributed by atoms with Crippen molar-refractivity contribution in [1.82, 2.24) is 10.3 Å². The van der Waals surface area contributed by atoms with Crippen molar-refractivity contribution in [2.24, 2.45) is 0 Å². The van der Waals surface area contributed by atoms with E-state index in [2.05, 4.69) is 44.1 Å².